The van der Waals surface area contributed by atoms with Crippen LogP contribution in [0.1, 0.15) is 12.6 Å². The third-order valence-electron chi connectivity index (χ3n) is 4.58. The fourth-order valence-electron chi connectivity index (χ4n) is 3.19. The standard InChI is InChI=1S/C22H17N3O4S2/c1-2-29-19-10-8-15(9-11-19)24-21(26)20(31-22(24)30)14-17-7-4-12-23(17)16-5-3-6-18(13-16)25(27)28/h3-14H,2H2,1H3/b20-14-. The number of nitrogens with zero attached hydrogens (tertiary/aromatic N) is 3. The maximum absolute atomic E-state index is 13.1. The number of thioether (sulfide) groups is 1. The van der Waals surface area contributed by atoms with Gasteiger partial charge in [0.05, 0.1) is 27.8 Å². The van der Waals surface area contributed by atoms with E-state index in [1.165, 1.54) is 28.8 Å². The topological polar surface area (TPSA) is 77.6 Å². The zero-order valence-corrected chi connectivity index (χ0v) is 18.1. The normalized spacial score (nSPS) is 15.0. The molecule has 0 radical (unpaired) electrons. The van der Waals surface area contributed by atoms with Crippen molar-refractivity contribution in [1.82, 2.24) is 4.57 Å². The van der Waals surface area contributed by atoms with Crippen LogP contribution >= 0.6 is 24.0 Å². The van der Waals surface area contributed by atoms with Crippen molar-refractivity contribution < 1.29 is 14.5 Å². The lowest BCUT2D eigenvalue weighted by molar-refractivity contribution is -0.384. The monoisotopic (exact) mass is 451 g/mol. The lowest BCUT2D eigenvalue weighted by Crippen LogP contribution is -2.27. The summed E-state index contributed by atoms with van der Waals surface area (Å²) >= 11 is 6.66. The zero-order valence-electron chi connectivity index (χ0n) is 16.4. The van der Waals surface area contributed by atoms with Gasteiger partial charge in [-0.05, 0) is 55.5 Å². The third-order valence-corrected chi connectivity index (χ3v) is 5.88. The molecule has 7 nitrogen and oxygen atoms in total. The van der Waals surface area contributed by atoms with Gasteiger partial charge in [0.1, 0.15) is 5.75 Å². The first kappa shape index (κ1) is 20.8. The average Bonchev–Trinajstić information content (AvgIpc) is 3.33. The average molecular weight is 452 g/mol. The number of benzene rings is 2. The molecule has 1 saturated heterocycles. The first-order valence-corrected chi connectivity index (χ1v) is 10.6. The fraction of sp³-hybridized carbons (Fsp3) is 0.0909. The second-order valence-electron chi connectivity index (χ2n) is 6.52. The van der Waals surface area contributed by atoms with Crippen LogP contribution in [0.2, 0.25) is 0 Å². The van der Waals surface area contributed by atoms with Crippen molar-refractivity contribution in [3.05, 3.63) is 87.6 Å². The second-order valence-corrected chi connectivity index (χ2v) is 8.20. The maximum atomic E-state index is 13.1. The molecule has 0 saturated carbocycles. The number of nitro benzene ring substituents is 1. The summed E-state index contributed by atoms with van der Waals surface area (Å²) in [6.07, 6.45) is 3.53. The van der Waals surface area contributed by atoms with Gasteiger partial charge in [-0.3, -0.25) is 19.8 Å². The SMILES string of the molecule is CCOc1ccc(N2C(=O)/C(=C/c3cccn3-c3cccc([N+](=O)[O-])c3)SC2=S)cc1. The zero-order chi connectivity index (χ0) is 22.0. The molecular formula is C22H17N3O4S2. The van der Waals surface area contributed by atoms with E-state index in [-0.39, 0.29) is 11.6 Å². The largest absolute Gasteiger partial charge is 0.494 e. The highest BCUT2D eigenvalue weighted by atomic mass is 32.2. The number of amides is 1. The van der Waals surface area contributed by atoms with E-state index >= 15 is 0 Å². The Labute approximate surface area is 188 Å². The van der Waals surface area contributed by atoms with E-state index in [1.54, 1.807) is 53.2 Å². The van der Waals surface area contributed by atoms with Gasteiger partial charge in [-0.1, -0.05) is 30.0 Å². The van der Waals surface area contributed by atoms with E-state index < -0.39 is 4.92 Å². The molecule has 0 atom stereocenters. The van der Waals surface area contributed by atoms with Gasteiger partial charge in [-0.25, -0.2) is 0 Å². The van der Waals surface area contributed by atoms with Crippen LogP contribution in [0.3, 0.4) is 0 Å². The Kier molecular flexibility index (Phi) is 5.88. The Balaban J connectivity index is 1.63. The van der Waals surface area contributed by atoms with Gasteiger partial charge in [-0.2, -0.15) is 0 Å². The first-order chi connectivity index (χ1) is 15.0. The number of hydrogen-bond acceptors (Lipinski definition) is 6. The molecule has 1 fully saturated rings. The molecule has 0 aliphatic carbocycles. The molecule has 0 N–H and O–H groups in total. The Hall–Kier alpha value is -3.43. The molecule has 1 aromatic heterocycles. The Morgan fingerprint density at radius 3 is 2.61 bits per heavy atom. The number of rotatable bonds is 6. The summed E-state index contributed by atoms with van der Waals surface area (Å²) in [5.41, 5.74) is 2.02. The van der Waals surface area contributed by atoms with Gasteiger partial charge >= 0.3 is 0 Å². The predicted molar refractivity (Wildman–Crippen MR) is 126 cm³/mol. The highest BCUT2D eigenvalue weighted by Crippen LogP contribution is 2.37. The summed E-state index contributed by atoms with van der Waals surface area (Å²) in [6.45, 7) is 2.47. The summed E-state index contributed by atoms with van der Waals surface area (Å²) in [6, 6.07) is 17.2. The lowest BCUT2D eigenvalue weighted by Gasteiger charge is -2.15. The van der Waals surface area contributed by atoms with Crippen LogP contribution in [0.5, 0.6) is 5.75 Å². The van der Waals surface area contributed by atoms with Crippen LogP contribution in [-0.4, -0.2) is 26.3 Å². The molecule has 1 amide bonds. The molecule has 31 heavy (non-hydrogen) atoms. The van der Waals surface area contributed by atoms with Crippen LogP contribution in [0, 0.1) is 10.1 Å². The van der Waals surface area contributed by atoms with Crippen LogP contribution in [0.4, 0.5) is 11.4 Å². The number of aromatic nitrogens is 1. The molecule has 0 spiro atoms. The van der Waals surface area contributed by atoms with Crippen LogP contribution < -0.4 is 9.64 Å². The summed E-state index contributed by atoms with van der Waals surface area (Å²) in [5.74, 6) is 0.507. The summed E-state index contributed by atoms with van der Waals surface area (Å²) in [5, 5.41) is 11.1. The van der Waals surface area contributed by atoms with E-state index in [0.29, 0.717) is 32.9 Å². The van der Waals surface area contributed by atoms with E-state index in [4.69, 9.17) is 17.0 Å². The van der Waals surface area contributed by atoms with E-state index in [9.17, 15) is 14.9 Å². The molecule has 9 heteroatoms. The molecule has 4 rings (SSSR count). The molecule has 1 aliphatic heterocycles. The van der Waals surface area contributed by atoms with Crippen molar-refractivity contribution in [2.24, 2.45) is 0 Å². The van der Waals surface area contributed by atoms with Crippen molar-refractivity contribution >= 4 is 51.7 Å². The Morgan fingerprint density at radius 1 is 1.13 bits per heavy atom. The molecule has 0 bridgehead atoms. The molecule has 2 aromatic carbocycles. The number of thiocarbonyl (C=S) groups is 1. The summed E-state index contributed by atoms with van der Waals surface area (Å²) < 4.78 is 7.68. The number of nitro groups is 1. The number of carbonyl (C=O) groups excluding carboxylic acids is 1. The number of carbonyl (C=O) groups is 1. The van der Waals surface area contributed by atoms with E-state index in [1.807, 2.05) is 19.1 Å². The minimum absolute atomic E-state index is 0.000951. The highest BCUT2D eigenvalue weighted by Gasteiger charge is 2.33. The van der Waals surface area contributed by atoms with E-state index in [0.717, 1.165) is 5.75 Å². The van der Waals surface area contributed by atoms with Gasteiger partial charge in [0.15, 0.2) is 4.32 Å². The molecule has 2 heterocycles. The minimum Gasteiger partial charge on any atom is -0.494 e. The van der Waals surface area contributed by atoms with Crippen molar-refractivity contribution in [2.45, 2.75) is 6.92 Å². The quantitative estimate of drug-likeness (QED) is 0.222. The fourth-order valence-corrected chi connectivity index (χ4v) is 4.47. The van der Waals surface area contributed by atoms with Crippen LogP contribution in [0.15, 0.2) is 71.8 Å². The molecule has 0 unspecified atom stereocenters. The highest BCUT2D eigenvalue weighted by molar-refractivity contribution is 8.27. The Morgan fingerprint density at radius 2 is 1.90 bits per heavy atom. The summed E-state index contributed by atoms with van der Waals surface area (Å²) in [7, 11) is 0. The van der Waals surface area contributed by atoms with Gasteiger partial charge in [0, 0.05) is 24.0 Å². The smallest absolute Gasteiger partial charge is 0.271 e. The van der Waals surface area contributed by atoms with Gasteiger partial charge < -0.3 is 9.30 Å². The van der Waals surface area contributed by atoms with E-state index in [2.05, 4.69) is 0 Å². The Bertz CT molecular complexity index is 1200. The lowest BCUT2D eigenvalue weighted by atomic mass is 10.2. The van der Waals surface area contributed by atoms with Crippen LogP contribution in [-0.2, 0) is 4.79 Å². The molecule has 1 aliphatic rings. The third kappa shape index (κ3) is 4.23. The predicted octanol–water partition coefficient (Wildman–Crippen LogP) is 5.19. The number of non-ortho nitro benzene ring substituents is 1. The number of hydrogen-bond donors (Lipinski definition) is 0. The van der Waals surface area contributed by atoms with Gasteiger partial charge in [0.25, 0.3) is 11.6 Å². The molecule has 156 valence electrons. The van der Waals surface area contributed by atoms with Gasteiger partial charge in [0.2, 0.25) is 0 Å². The first-order valence-electron chi connectivity index (χ1n) is 9.41. The van der Waals surface area contributed by atoms with Gasteiger partial charge in [-0.15, -0.1) is 0 Å². The number of ether oxygens (including phenoxy) is 1. The summed E-state index contributed by atoms with van der Waals surface area (Å²) in [4.78, 5) is 25.7. The second kappa shape index (κ2) is 8.75. The minimum atomic E-state index is -0.436. The van der Waals surface area contributed by atoms with Crippen molar-refractivity contribution in [1.29, 1.82) is 0 Å². The van der Waals surface area contributed by atoms with Crippen molar-refractivity contribution in [3.63, 3.8) is 0 Å². The number of anilines is 1. The van der Waals surface area contributed by atoms with Crippen molar-refractivity contribution in [3.8, 4) is 11.4 Å². The molecule has 3 aromatic rings. The van der Waals surface area contributed by atoms with Crippen molar-refractivity contribution in [2.75, 3.05) is 11.5 Å². The maximum Gasteiger partial charge on any atom is 0.271 e. The molecular weight excluding hydrogens is 434 g/mol. The van der Waals surface area contributed by atoms with Crippen LogP contribution in [0.25, 0.3) is 11.8 Å².